The molecule has 0 aliphatic carbocycles. The molecule has 1 aliphatic heterocycles. The standard InChI is InChI=1S/C17H24N4O/c1-18-11-15-8-5-9-21(12-15)13-17-19-16(20-22-17)10-14-6-3-2-4-7-14/h2-4,6-7,15,18H,5,8-13H2,1H3. The SMILES string of the molecule is CNCC1CCCN(Cc2nc(Cc3ccccc3)no2)C1. The van der Waals surface area contributed by atoms with Gasteiger partial charge >= 0.3 is 0 Å². The predicted molar refractivity (Wildman–Crippen MR) is 85.5 cm³/mol. The Labute approximate surface area is 131 Å². The molecular weight excluding hydrogens is 276 g/mol. The summed E-state index contributed by atoms with van der Waals surface area (Å²) in [4.78, 5) is 6.96. The Balaban J connectivity index is 1.55. The van der Waals surface area contributed by atoms with E-state index in [9.17, 15) is 0 Å². The van der Waals surface area contributed by atoms with Crippen molar-refractivity contribution in [1.82, 2.24) is 20.4 Å². The maximum Gasteiger partial charge on any atom is 0.240 e. The molecule has 1 aliphatic rings. The van der Waals surface area contributed by atoms with E-state index >= 15 is 0 Å². The van der Waals surface area contributed by atoms with E-state index in [4.69, 9.17) is 4.52 Å². The van der Waals surface area contributed by atoms with Crippen LogP contribution in [0.4, 0.5) is 0 Å². The van der Waals surface area contributed by atoms with Crippen LogP contribution in [0.5, 0.6) is 0 Å². The fourth-order valence-electron chi connectivity index (χ4n) is 3.15. The number of nitrogens with zero attached hydrogens (tertiary/aromatic N) is 3. The van der Waals surface area contributed by atoms with Gasteiger partial charge in [-0.25, -0.2) is 0 Å². The van der Waals surface area contributed by atoms with Crippen LogP contribution < -0.4 is 5.32 Å². The molecule has 0 bridgehead atoms. The average molecular weight is 300 g/mol. The Bertz CT molecular complexity index is 567. The molecule has 5 heteroatoms. The smallest absolute Gasteiger partial charge is 0.240 e. The normalized spacial score (nSPS) is 19.4. The van der Waals surface area contributed by atoms with Crippen molar-refractivity contribution in [1.29, 1.82) is 0 Å². The lowest BCUT2D eigenvalue weighted by Crippen LogP contribution is -2.38. The van der Waals surface area contributed by atoms with Crippen molar-refractivity contribution < 1.29 is 4.52 Å². The largest absolute Gasteiger partial charge is 0.338 e. The first kappa shape index (κ1) is 15.2. The number of nitrogens with one attached hydrogen (secondary N) is 1. The molecule has 1 unspecified atom stereocenters. The highest BCUT2D eigenvalue weighted by Crippen LogP contribution is 2.17. The third-order valence-corrected chi connectivity index (χ3v) is 4.17. The van der Waals surface area contributed by atoms with Crippen molar-refractivity contribution in [3.05, 3.63) is 47.6 Å². The number of aromatic nitrogens is 2. The van der Waals surface area contributed by atoms with Crippen molar-refractivity contribution in [2.75, 3.05) is 26.7 Å². The van der Waals surface area contributed by atoms with Gasteiger partial charge in [-0.3, -0.25) is 4.90 Å². The molecule has 1 atom stereocenters. The highest BCUT2D eigenvalue weighted by atomic mass is 16.5. The van der Waals surface area contributed by atoms with Crippen LogP contribution in [0.25, 0.3) is 0 Å². The molecule has 1 aromatic heterocycles. The molecule has 2 heterocycles. The summed E-state index contributed by atoms with van der Waals surface area (Å²) in [7, 11) is 2.02. The van der Waals surface area contributed by atoms with Crippen molar-refractivity contribution in [3.8, 4) is 0 Å². The second-order valence-electron chi connectivity index (χ2n) is 6.07. The van der Waals surface area contributed by atoms with Gasteiger partial charge in [0.05, 0.1) is 6.54 Å². The summed E-state index contributed by atoms with van der Waals surface area (Å²) in [5.74, 6) is 2.23. The van der Waals surface area contributed by atoms with Crippen molar-refractivity contribution in [3.63, 3.8) is 0 Å². The number of hydrogen-bond acceptors (Lipinski definition) is 5. The first-order valence-corrected chi connectivity index (χ1v) is 8.06. The average Bonchev–Trinajstić information content (AvgIpc) is 2.96. The quantitative estimate of drug-likeness (QED) is 0.885. The van der Waals surface area contributed by atoms with E-state index in [2.05, 4.69) is 32.5 Å². The third kappa shape index (κ3) is 4.15. The van der Waals surface area contributed by atoms with E-state index in [-0.39, 0.29) is 0 Å². The Morgan fingerprint density at radius 3 is 3.00 bits per heavy atom. The van der Waals surface area contributed by atoms with Gasteiger partial charge in [-0.1, -0.05) is 35.5 Å². The second kappa shape index (κ2) is 7.51. The summed E-state index contributed by atoms with van der Waals surface area (Å²) < 4.78 is 5.42. The molecule has 1 fully saturated rings. The van der Waals surface area contributed by atoms with Gasteiger partial charge in [0.1, 0.15) is 0 Å². The molecule has 0 saturated carbocycles. The summed E-state index contributed by atoms with van der Waals surface area (Å²) in [5.41, 5.74) is 1.21. The zero-order chi connectivity index (χ0) is 15.2. The third-order valence-electron chi connectivity index (χ3n) is 4.17. The molecule has 1 aromatic carbocycles. The summed E-state index contributed by atoms with van der Waals surface area (Å²) in [6.07, 6.45) is 3.28. The van der Waals surface area contributed by atoms with E-state index in [1.165, 1.54) is 18.4 Å². The van der Waals surface area contributed by atoms with Crippen LogP contribution in [0, 0.1) is 5.92 Å². The molecule has 3 rings (SSSR count). The Kier molecular flexibility index (Phi) is 5.19. The zero-order valence-electron chi connectivity index (χ0n) is 13.2. The van der Waals surface area contributed by atoms with Crippen LogP contribution in [0.1, 0.15) is 30.1 Å². The van der Waals surface area contributed by atoms with E-state index in [0.29, 0.717) is 0 Å². The summed E-state index contributed by atoms with van der Waals surface area (Å²) in [6, 6.07) is 10.3. The van der Waals surface area contributed by atoms with Crippen LogP contribution in [-0.2, 0) is 13.0 Å². The van der Waals surface area contributed by atoms with Gasteiger partial charge in [-0.05, 0) is 44.5 Å². The molecule has 1 saturated heterocycles. The summed E-state index contributed by atoms with van der Waals surface area (Å²) in [5, 5.41) is 7.38. The lowest BCUT2D eigenvalue weighted by Gasteiger charge is -2.31. The first-order chi connectivity index (χ1) is 10.8. The highest BCUT2D eigenvalue weighted by molar-refractivity contribution is 5.18. The molecule has 22 heavy (non-hydrogen) atoms. The van der Waals surface area contributed by atoms with Gasteiger partial charge in [0, 0.05) is 13.0 Å². The number of hydrogen-bond donors (Lipinski definition) is 1. The second-order valence-corrected chi connectivity index (χ2v) is 6.07. The van der Waals surface area contributed by atoms with Crippen molar-refractivity contribution in [2.45, 2.75) is 25.8 Å². The molecule has 0 spiro atoms. The lowest BCUT2D eigenvalue weighted by atomic mass is 9.98. The minimum atomic E-state index is 0.727. The Morgan fingerprint density at radius 2 is 2.18 bits per heavy atom. The number of likely N-dealkylation sites (tertiary alicyclic amines) is 1. The number of piperidine rings is 1. The van der Waals surface area contributed by atoms with Gasteiger partial charge in [0.15, 0.2) is 5.82 Å². The highest BCUT2D eigenvalue weighted by Gasteiger charge is 2.21. The minimum absolute atomic E-state index is 0.727. The van der Waals surface area contributed by atoms with Crippen molar-refractivity contribution >= 4 is 0 Å². The van der Waals surface area contributed by atoms with Gasteiger partial charge in [-0.2, -0.15) is 4.98 Å². The van der Waals surface area contributed by atoms with Gasteiger partial charge < -0.3 is 9.84 Å². The Morgan fingerprint density at radius 1 is 1.32 bits per heavy atom. The number of benzene rings is 1. The molecule has 5 nitrogen and oxygen atoms in total. The fourth-order valence-corrected chi connectivity index (χ4v) is 3.15. The van der Waals surface area contributed by atoms with Crippen molar-refractivity contribution in [2.24, 2.45) is 5.92 Å². The summed E-state index contributed by atoms with van der Waals surface area (Å²) >= 11 is 0. The Hall–Kier alpha value is -1.72. The molecule has 118 valence electrons. The predicted octanol–water partition coefficient (Wildman–Crippen LogP) is 2.09. The van der Waals surface area contributed by atoms with Gasteiger partial charge in [0.25, 0.3) is 0 Å². The number of rotatable bonds is 6. The van der Waals surface area contributed by atoms with E-state index < -0.39 is 0 Å². The van der Waals surface area contributed by atoms with Crippen LogP contribution in [0.15, 0.2) is 34.9 Å². The fraction of sp³-hybridized carbons (Fsp3) is 0.529. The maximum atomic E-state index is 5.42. The molecule has 0 amide bonds. The molecule has 2 aromatic rings. The van der Waals surface area contributed by atoms with Gasteiger partial charge in [-0.15, -0.1) is 0 Å². The molecular formula is C17H24N4O. The lowest BCUT2D eigenvalue weighted by molar-refractivity contribution is 0.149. The van der Waals surface area contributed by atoms with Crippen LogP contribution in [0.3, 0.4) is 0 Å². The molecule has 0 radical (unpaired) electrons. The first-order valence-electron chi connectivity index (χ1n) is 8.06. The monoisotopic (exact) mass is 300 g/mol. The van der Waals surface area contributed by atoms with Gasteiger partial charge in [0.2, 0.25) is 5.89 Å². The van der Waals surface area contributed by atoms with E-state index in [0.717, 1.165) is 50.2 Å². The topological polar surface area (TPSA) is 54.2 Å². The summed E-state index contributed by atoms with van der Waals surface area (Å²) in [6.45, 7) is 4.08. The molecule has 1 N–H and O–H groups in total. The van der Waals surface area contributed by atoms with Crippen LogP contribution in [-0.4, -0.2) is 41.7 Å². The van der Waals surface area contributed by atoms with E-state index in [1.807, 2.05) is 25.2 Å². The zero-order valence-corrected chi connectivity index (χ0v) is 13.2. The van der Waals surface area contributed by atoms with Crippen LogP contribution >= 0.6 is 0 Å². The van der Waals surface area contributed by atoms with E-state index in [1.54, 1.807) is 0 Å². The minimum Gasteiger partial charge on any atom is -0.338 e. The van der Waals surface area contributed by atoms with Crippen LogP contribution in [0.2, 0.25) is 0 Å². The maximum absolute atomic E-state index is 5.42.